The normalized spacial score (nSPS) is 46.1. The van der Waals surface area contributed by atoms with Crippen LogP contribution in [0.15, 0.2) is 0 Å². The summed E-state index contributed by atoms with van der Waals surface area (Å²) in [7, 11) is 0. The van der Waals surface area contributed by atoms with Crippen LogP contribution in [-0.4, -0.2) is 17.5 Å². The van der Waals surface area contributed by atoms with Crippen molar-refractivity contribution in [2.45, 2.75) is 44.3 Å². The summed E-state index contributed by atoms with van der Waals surface area (Å²) in [4.78, 5) is 11.3. The lowest BCUT2D eigenvalue weighted by Gasteiger charge is -2.16. The lowest BCUT2D eigenvalue weighted by Crippen LogP contribution is -2.30. The number of carbonyl (C=O) groups is 1. The van der Waals surface area contributed by atoms with Crippen LogP contribution in [0.25, 0.3) is 0 Å². The lowest BCUT2D eigenvalue weighted by atomic mass is 9.86. The molecule has 0 radical (unpaired) electrons. The van der Waals surface area contributed by atoms with Crippen molar-refractivity contribution >= 4 is 5.78 Å². The predicted molar refractivity (Wildman–Crippen MR) is 36.8 cm³/mol. The second kappa shape index (κ2) is 1.82. The molecule has 2 nitrogen and oxygen atoms in total. The Bertz CT molecular complexity index is 176. The molecule has 0 N–H and O–H groups in total. The number of rotatable bonds is 0. The topological polar surface area (TPSA) is 29.6 Å². The van der Waals surface area contributed by atoms with Crippen molar-refractivity contribution in [2.75, 3.05) is 0 Å². The van der Waals surface area contributed by atoms with E-state index in [2.05, 4.69) is 0 Å². The van der Waals surface area contributed by atoms with E-state index in [-0.39, 0.29) is 11.7 Å². The molecule has 1 spiro atoms. The molecule has 0 aromatic rings. The fourth-order valence-electron chi connectivity index (χ4n) is 1.86. The smallest absolute Gasteiger partial charge is 0.167 e. The number of carbonyl (C=O) groups excluding carboxylic acids is 1. The summed E-state index contributed by atoms with van der Waals surface area (Å²) in [6.45, 7) is 1.99. The molecule has 1 aliphatic heterocycles. The van der Waals surface area contributed by atoms with Gasteiger partial charge in [0, 0.05) is 6.42 Å². The van der Waals surface area contributed by atoms with Crippen LogP contribution in [0, 0.1) is 0 Å². The standard InChI is InChI=1S/C8H12O2/c1-6-8(10-6)5-3-2-4-7(8)9/h6H,2-5H2,1H3. The third-order valence-corrected chi connectivity index (χ3v) is 2.66. The zero-order valence-corrected chi connectivity index (χ0v) is 6.22. The van der Waals surface area contributed by atoms with Gasteiger partial charge in [0.2, 0.25) is 0 Å². The fourth-order valence-corrected chi connectivity index (χ4v) is 1.86. The number of Topliss-reactive ketones (excluding diaryl/α,β-unsaturated/α-hetero) is 1. The Morgan fingerprint density at radius 3 is 2.70 bits per heavy atom. The zero-order chi connectivity index (χ0) is 7.19. The maximum Gasteiger partial charge on any atom is 0.167 e. The van der Waals surface area contributed by atoms with E-state index in [1.165, 1.54) is 0 Å². The quantitative estimate of drug-likeness (QED) is 0.474. The van der Waals surface area contributed by atoms with Gasteiger partial charge in [0.15, 0.2) is 11.4 Å². The fraction of sp³-hybridized carbons (Fsp3) is 0.875. The Morgan fingerprint density at radius 1 is 1.60 bits per heavy atom. The first-order chi connectivity index (χ1) is 4.76. The molecule has 1 heterocycles. The lowest BCUT2D eigenvalue weighted by molar-refractivity contribution is -0.125. The summed E-state index contributed by atoms with van der Waals surface area (Å²) in [5.74, 6) is 0.339. The number of ether oxygens (including phenoxy) is 1. The molecule has 10 heavy (non-hydrogen) atoms. The summed E-state index contributed by atoms with van der Waals surface area (Å²) in [5.41, 5.74) is -0.293. The summed E-state index contributed by atoms with van der Waals surface area (Å²) >= 11 is 0. The summed E-state index contributed by atoms with van der Waals surface area (Å²) in [6.07, 6.45) is 4.14. The highest BCUT2D eigenvalue weighted by Gasteiger charge is 2.59. The Balaban J connectivity index is 2.13. The molecule has 1 saturated carbocycles. The molecule has 0 aromatic carbocycles. The summed E-state index contributed by atoms with van der Waals surface area (Å²) in [6, 6.07) is 0. The molecule has 1 saturated heterocycles. The largest absolute Gasteiger partial charge is 0.358 e. The first-order valence-corrected chi connectivity index (χ1v) is 3.97. The molecule has 0 aromatic heterocycles. The molecular formula is C8H12O2. The maximum absolute atomic E-state index is 11.3. The van der Waals surface area contributed by atoms with Crippen LogP contribution in [-0.2, 0) is 9.53 Å². The van der Waals surface area contributed by atoms with Crippen molar-refractivity contribution in [2.24, 2.45) is 0 Å². The van der Waals surface area contributed by atoms with Crippen molar-refractivity contribution in [3.8, 4) is 0 Å². The minimum atomic E-state index is -0.293. The monoisotopic (exact) mass is 140 g/mol. The van der Waals surface area contributed by atoms with Crippen LogP contribution in [0.5, 0.6) is 0 Å². The molecule has 0 amide bonds. The first kappa shape index (κ1) is 6.35. The van der Waals surface area contributed by atoms with E-state index in [9.17, 15) is 4.79 Å². The average Bonchev–Trinajstić information content (AvgIpc) is 2.53. The Hall–Kier alpha value is -0.370. The molecule has 0 bridgehead atoms. The summed E-state index contributed by atoms with van der Waals surface area (Å²) < 4.78 is 5.31. The summed E-state index contributed by atoms with van der Waals surface area (Å²) in [5, 5.41) is 0. The van der Waals surface area contributed by atoms with Crippen LogP contribution in [0.1, 0.15) is 32.6 Å². The molecule has 2 atom stereocenters. The highest BCUT2D eigenvalue weighted by molar-refractivity contribution is 5.91. The van der Waals surface area contributed by atoms with E-state index in [1.54, 1.807) is 0 Å². The van der Waals surface area contributed by atoms with Crippen molar-refractivity contribution in [3.05, 3.63) is 0 Å². The Kier molecular flexibility index (Phi) is 1.15. The van der Waals surface area contributed by atoms with E-state index in [4.69, 9.17) is 4.74 Å². The minimum Gasteiger partial charge on any atom is -0.358 e. The van der Waals surface area contributed by atoms with E-state index in [1.807, 2.05) is 6.92 Å². The molecule has 1 aliphatic carbocycles. The molecular weight excluding hydrogens is 128 g/mol. The van der Waals surface area contributed by atoms with Crippen LogP contribution in [0.3, 0.4) is 0 Å². The van der Waals surface area contributed by atoms with Crippen molar-refractivity contribution < 1.29 is 9.53 Å². The van der Waals surface area contributed by atoms with Crippen LogP contribution >= 0.6 is 0 Å². The number of hydrogen-bond donors (Lipinski definition) is 0. The third kappa shape index (κ3) is 0.655. The van der Waals surface area contributed by atoms with Crippen LogP contribution in [0.2, 0.25) is 0 Å². The van der Waals surface area contributed by atoms with Crippen LogP contribution < -0.4 is 0 Å². The van der Waals surface area contributed by atoms with Gasteiger partial charge in [0.25, 0.3) is 0 Å². The zero-order valence-electron chi connectivity index (χ0n) is 6.22. The first-order valence-electron chi connectivity index (χ1n) is 3.97. The highest BCUT2D eigenvalue weighted by Crippen LogP contribution is 2.45. The second-order valence-corrected chi connectivity index (χ2v) is 3.28. The molecule has 2 fully saturated rings. The number of epoxide rings is 1. The average molecular weight is 140 g/mol. The molecule has 2 rings (SSSR count). The van der Waals surface area contributed by atoms with Gasteiger partial charge < -0.3 is 4.74 Å². The predicted octanol–water partition coefficient (Wildman–Crippen LogP) is 1.29. The molecule has 2 aliphatic rings. The second-order valence-electron chi connectivity index (χ2n) is 3.28. The van der Waals surface area contributed by atoms with E-state index in [0.717, 1.165) is 25.7 Å². The van der Waals surface area contributed by atoms with Gasteiger partial charge in [0.05, 0.1) is 6.10 Å². The highest BCUT2D eigenvalue weighted by atomic mass is 16.6. The van der Waals surface area contributed by atoms with Crippen molar-refractivity contribution in [3.63, 3.8) is 0 Å². The number of ketones is 1. The minimum absolute atomic E-state index is 0.209. The van der Waals surface area contributed by atoms with Gasteiger partial charge >= 0.3 is 0 Å². The van der Waals surface area contributed by atoms with Gasteiger partial charge in [-0.1, -0.05) is 0 Å². The van der Waals surface area contributed by atoms with Crippen molar-refractivity contribution in [1.29, 1.82) is 0 Å². The Labute approximate surface area is 60.6 Å². The van der Waals surface area contributed by atoms with Gasteiger partial charge in [-0.3, -0.25) is 4.79 Å². The van der Waals surface area contributed by atoms with Crippen LogP contribution in [0.4, 0.5) is 0 Å². The SMILES string of the molecule is CC1OC12CCCCC2=O. The Morgan fingerprint density at radius 2 is 2.30 bits per heavy atom. The van der Waals surface area contributed by atoms with Gasteiger partial charge in [-0.05, 0) is 26.2 Å². The molecule has 2 unspecified atom stereocenters. The van der Waals surface area contributed by atoms with E-state index in [0.29, 0.717) is 5.78 Å². The van der Waals surface area contributed by atoms with Gasteiger partial charge in [0.1, 0.15) is 0 Å². The maximum atomic E-state index is 11.3. The van der Waals surface area contributed by atoms with E-state index >= 15 is 0 Å². The van der Waals surface area contributed by atoms with E-state index < -0.39 is 0 Å². The molecule has 2 heteroatoms. The van der Waals surface area contributed by atoms with Gasteiger partial charge in [-0.15, -0.1) is 0 Å². The van der Waals surface area contributed by atoms with Gasteiger partial charge in [-0.25, -0.2) is 0 Å². The van der Waals surface area contributed by atoms with Crippen molar-refractivity contribution in [1.82, 2.24) is 0 Å². The van der Waals surface area contributed by atoms with Gasteiger partial charge in [-0.2, -0.15) is 0 Å². The molecule has 56 valence electrons. The third-order valence-electron chi connectivity index (χ3n) is 2.66. The number of hydrogen-bond acceptors (Lipinski definition) is 2.